The summed E-state index contributed by atoms with van der Waals surface area (Å²) >= 11 is 0. The van der Waals surface area contributed by atoms with E-state index in [2.05, 4.69) is 10.1 Å². The Morgan fingerprint density at radius 3 is 2.20 bits per heavy atom. The van der Waals surface area contributed by atoms with Crippen molar-refractivity contribution in [2.45, 2.75) is 0 Å². The van der Waals surface area contributed by atoms with E-state index in [1.54, 1.807) is 30.3 Å². The van der Waals surface area contributed by atoms with Gasteiger partial charge in [-0.25, -0.2) is 4.79 Å². The van der Waals surface area contributed by atoms with Crippen molar-refractivity contribution < 1.29 is 19.4 Å². The molecule has 0 fully saturated rings. The van der Waals surface area contributed by atoms with Crippen LogP contribution < -0.4 is 5.32 Å². The number of carbonyl (C=O) groups excluding carboxylic acids is 2. The molecule has 0 aliphatic heterocycles. The van der Waals surface area contributed by atoms with E-state index < -0.39 is 11.9 Å². The Balaban J connectivity index is 2.25. The topological polar surface area (TPSA) is 75.6 Å². The fourth-order valence-corrected chi connectivity index (χ4v) is 1.71. The van der Waals surface area contributed by atoms with Crippen molar-refractivity contribution in [1.82, 2.24) is 0 Å². The van der Waals surface area contributed by atoms with Crippen molar-refractivity contribution in [2.75, 3.05) is 12.4 Å². The van der Waals surface area contributed by atoms with E-state index in [4.69, 9.17) is 0 Å². The van der Waals surface area contributed by atoms with Gasteiger partial charge in [-0.3, -0.25) is 4.79 Å². The number of amides is 1. The van der Waals surface area contributed by atoms with Gasteiger partial charge in [0.15, 0.2) is 0 Å². The summed E-state index contributed by atoms with van der Waals surface area (Å²) in [7, 11) is 1.26. The number of rotatable bonds is 3. The third kappa shape index (κ3) is 2.95. The predicted molar refractivity (Wildman–Crippen MR) is 73.8 cm³/mol. The summed E-state index contributed by atoms with van der Waals surface area (Å²) in [6.07, 6.45) is 0. The smallest absolute Gasteiger partial charge is 0.338 e. The van der Waals surface area contributed by atoms with Crippen LogP contribution in [0.25, 0.3) is 0 Å². The number of nitrogens with one attached hydrogen (secondary N) is 1. The maximum atomic E-state index is 12.2. The van der Waals surface area contributed by atoms with Gasteiger partial charge in [0.1, 0.15) is 5.75 Å². The molecule has 5 nitrogen and oxygen atoms in total. The number of phenols is 1. The Kier molecular flexibility index (Phi) is 4.00. The van der Waals surface area contributed by atoms with E-state index in [1.165, 1.54) is 25.3 Å². The zero-order chi connectivity index (χ0) is 14.5. The van der Waals surface area contributed by atoms with Crippen molar-refractivity contribution in [3.63, 3.8) is 0 Å². The average Bonchev–Trinajstić information content (AvgIpc) is 2.48. The van der Waals surface area contributed by atoms with Gasteiger partial charge in [-0.15, -0.1) is 0 Å². The number of methoxy groups -OCH3 is 1. The Bertz CT molecular complexity index is 635. The lowest BCUT2D eigenvalue weighted by Crippen LogP contribution is -2.17. The lowest BCUT2D eigenvalue weighted by Gasteiger charge is -2.08. The largest absolute Gasteiger partial charge is 0.508 e. The van der Waals surface area contributed by atoms with E-state index >= 15 is 0 Å². The zero-order valence-electron chi connectivity index (χ0n) is 10.8. The van der Waals surface area contributed by atoms with E-state index in [-0.39, 0.29) is 16.9 Å². The number of carbonyl (C=O) groups is 2. The first-order valence-corrected chi connectivity index (χ1v) is 5.89. The molecule has 0 spiro atoms. The number of anilines is 1. The molecule has 0 radical (unpaired) electrons. The normalized spacial score (nSPS) is 9.85. The molecular weight excluding hydrogens is 258 g/mol. The minimum atomic E-state index is -0.568. The molecule has 2 aromatic carbocycles. The fourth-order valence-electron chi connectivity index (χ4n) is 1.71. The second-order valence-corrected chi connectivity index (χ2v) is 4.04. The standard InChI is InChI=1S/C15H13NO4/c1-20-15(19)13-5-3-2-4-12(13)14(18)16-10-6-8-11(17)9-7-10/h2-9,17H,1H3,(H,16,18). The molecule has 0 aliphatic carbocycles. The van der Waals surface area contributed by atoms with Crippen LogP contribution in [0.4, 0.5) is 5.69 Å². The quantitative estimate of drug-likeness (QED) is 0.664. The number of phenolic OH excluding ortho intramolecular Hbond substituents is 1. The molecule has 0 heterocycles. The number of hydrogen-bond donors (Lipinski definition) is 2. The van der Waals surface area contributed by atoms with Crippen LogP contribution >= 0.6 is 0 Å². The average molecular weight is 271 g/mol. The van der Waals surface area contributed by atoms with Crippen LogP contribution in [-0.4, -0.2) is 24.1 Å². The number of benzene rings is 2. The molecule has 0 atom stereocenters. The van der Waals surface area contributed by atoms with Crippen molar-refractivity contribution >= 4 is 17.6 Å². The number of ether oxygens (including phenoxy) is 1. The summed E-state index contributed by atoms with van der Waals surface area (Å²) in [5.74, 6) is -0.879. The van der Waals surface area contributed by atoms with Crippen LogP contribution in [0.2, 0.25) is 0 Å². The minimum Gasteiger partial charge on any atom is -0.508 e. The molecule has 102 valence electrons. The van der Waals surface area contributed by atoms with Gasteiger partial charge in [0.05, 0.1) is 18.2 Å². The van der Waals surface area contributed by atoms with E-state index in [1.807, 2.05) is 0 Å². The summed E-state index contributed by atoms with van der Waals surface area (Å²) in [6, 6.07) is 12.4. The molecule has 5 heteroatoms. The number of aromatic hydroxyl groups is 1. The van der Waals surface area contributed by atoms with E-state index in [0.29, 0.717) is 5.69 Å². The molecule has 2 N–H and O–H groups in total. The van der Waals surface area contributed by atoms with Gasteiger partial charge in [0.2, 0.25) is 0 Å². The molecule has 2 rings (SSSR count). The molecule has 0 bridgehead atoms. The van der Waals surface area contributed by atoms with Gasteiger partial charge in [0, 0.05) is 5.69 Å². The molecular formula is C15H13NO4. The Labute approximate surface area is 115 Å². The Hall–Kier alpha value is -2.82. The molecule has 0 saturated carbocycles. The third-order valence-electron chi connectivity index (χ3n) is 2.70. The third-order valence-corrected chi connectivity index (χ3v) is 2.70. The summed E-state index contributed by atoms with van der Waals surface area (Å²) in [5, 5.41) is 11.8. The van der Waals surface area contributed by atoms with Crippen molar-refractivity contribution in [3.05, 3.63) is 59.7 Å². The van der Waals surface area contributed by atoms with Crippen LogP contribution in [0.5, 0.6) is 5.75 Å². The molecule has 0 unspecified atom stereocenters. The molecule has 0 saturated heterocycles. The van der Waals surface area contributed by atoms with Crippen LogP contribution in [0.15, 0.2) is 48.5 Å². The van der Waals surface area contributed by atoms with Crippen molar-refractivity contribution in [1.29, 1.82) is 0 Å². The highest BCUT2D eigenvalue weighted by Gasteiger charge is 2.16. The molecule has 0 aromatic heterocycles. The van der Waals surface area contributed by atoms with Gasteiger partial charge >= 0.3 is 5.97 Å². The van der Waals surface area contributed by atoms with Crippen LogP contribution in [0.1, 0.15) is 20.7 Å². The van der Waals surface area contributed by atoms with Crippen LogP contribution in [0.3, 0.4) is 0 Å². The number of hydrogen-bond acceptors (Lipinski definition) is 4. The van der Waals surface area contributed by atoms with Gasteiger partial charge < -0.3 is 15.2 Å². The van der Waals surface area contributed by atoms with Crippen LogP contribution in [0, 0.1) is 0 Å². The second-order valence-electron chi connectivity index (χ2n) is 4.04. The summed E-state index contributed by atoms with van der Waals surface area (Å²) in [5.41, 5.74) is 0.950. The maximum absolute atomic E-state index is 12.2. The van der Waals surface area contributed by atoms with E-state index in [0.717, 1.165) is 0 Å². The van der Waals surface area contributed by atoms with Crippen molar-refractivity contribution in [3.8, 4) is 5.75 Å². The van der Waals surface area contributed by atoms with Crippen LogP contribution in [-0.2, 0) is 4.74 Å². The van der Waals surface area contributed by atoms with Gasteiger partial charge in [-0.2, -0.15) is 0 Å². The second kappa shape index (κ2) is 5.88. The SMILES string of the molecule is COC(=O)c1ccccc1C(=O)Nc1ccc(O)cc1. The Morgan fingerprint density at radius 1 is 1.00 bits per heavy atom. The first-order chi connectivity index (χ1) is 9.61. The summed E-state index contributed by atoms with van der Waals surface area (Å²) in [4.78, 5) is 23.8. The number of esters is 1. The fraction of sp³-hybridized carbons (Fsp3) is 0.0667. The summed E-state index contributed by atoms with van der Waals surface area (Å²) in [6.45, 7) is 0. The van der Waals surface area contributed by atoms with E-state index in [9.17, 15) is 14.7 Å². The molecule has 1 amide bonds. The first-order valence-electron chi connectivity index (χ1n) is 5.89. The van der Waals surface area contributed by atoms with Gasteiger partial charge in [-0.1, -0.05) is 12.1 Å². The maximum Gasteiger partial charge on any atom is 0.338 e. The molecule has 2 aromatic rings. The lowest BCUT2D eigenvalue weighted by molar-refractivity contribution is 0.0597. The lowest BCUT2D eigenvalue weighted by atomic mass is 10.1. The highest BCUT2D eigenvalue weighted by atomic mass is 16.5. The summed E-state index contributed by atoms with van der Waals surface area (Å²) < 4.78 is 4.64. The highest BCUT2D eigenvalue weighted by molar-refractivity contribution is 6.11. The molecule has 20 heavy (non-hydrogen) atoms. The minimum absolute atomic E-state index is 0.109. The highest BCUT2D eigenvalue weighted by Crippen LogP contribution is 2.16. The zero-order valence-corrected chi connectivity index (χ0v) is 10.8. The van der Waals surface area contributed by atoms with Gasteiger partial charge in [-0.05, 0) is 36.4 Å². The molecule has 0 aliphatic rings. The first kappa shape index (κ1) is 13.6. The Morgan fingerprint density at radius 2 is 1.60 bits per heavy atom. The van der Waals surface area contributed by atoms with Gasteiger partial charge in [0.25, 0.3) is 5.91 Å². The van der Waals surface area contributed by atoms with Crippen molar-refractivity contribution in [2.24, 2.45) is 0 Å². The monoisotopic (exact) mass is 271 g/mol. The predicted octanol–water partition coefficient (Wildman–Crippen LogP) is 2.43.